The highest BCUT2D eigenvalue weighted by Gasteiger charge is 2.08. The average Bonchev–Trinajstić information content (AvgIpc) is 2.76. The highest BCUT2D eigenvalue weighted by molar-refractivity contribution is 7.99. The predicted octanol–water partition coefficient (Wildman–Crippen LogP) is 2.23. The van der Waals surface area contributed by atoms with Crippen LogP contribution in [-0.2, 0) is 0 Å². The van der Waals surface area contributed by atoms with Crippen molar-refractivity contribution in [2.24, 2.45) is 0 Å². The average molecular weight is 261 g/mol. The second-order valence-corrected chi connectivity index (χ2v) is 4.66. The molecule has 3 N–H and O–H groups in total. The maximum atomic E-state index is 13.2. The van der Waals surface area contributed by atoms with E-state index in [-0.39, 0.29) is 5.82 Å². The van der Waals surface area contributed by atoms with Crippen LogP contribution in [0.25, 0.3) is 11.2 Å². The molecule has 0 bridgehead atoms. The fourth-order valence-corrected chi connectivity index (χ4v) is 2.52. The van der Waals surface area contributed by atoms with E-state index in [0.29, 0.717) is 21.3 Å². The van der Waals surface area contributed by atoms with Crippen LogP contribution in [0.4, 0.5) is 10.1 Å². The van der Waals surface area contributed by atoms with Crippen molar-refractivity contribution in [2.75, 3.05) is 5.73 Å². The van der Waals surface area contributed by atoms with Gasteiger partial charge in [0.25, 0.3) is 0 Å². The highest BCUT2D eigenvalue weighted by Crippen LogP contribution is 2.31. The van der Waals surface area contributed by atoms with Crippen molar-refractivity contribution in [3.63, 3.8) is 0 Å². The summed E-state index contributed by atoms with van der Waals surface area (Å²) >= 11 is 1.31. The molecule has 5 nitrogen and oxygen atoms in total. The van der Waals surface area contributed by atoms with E-state index >= 15 is 0 Å². The molecule has 0 atom stereocenters. The minimum Gasteiger partial charge on any atom is -0.399 e. The Balaban J connectivity index is 2.03. The van der Waals surface area contributed by atoms with Crippen LogP contribution in [0.3, 0.4) is 0 Å². The first-order chi connectivity index (χ1) is 8.72. The van der Waals surface area contributed by atoms with E-state index < -0.39 is 0 Å². The van der Waals surface area contributed by atoms with Crippen molar-refractivity contribution in [1.82, 2.24) is 19.9 Å². The number of nitrogens with two attached hydrogens (primary N) is 1. The van der Waals surface area contributed by atoms with Crippen LogP contribution in [0.1, 0.15) is 0 Å². The number of imidazole rings is 1. The van der Waals surface area contributed by atoms with E-state index in [0.717, 1.165) is 5.52 Å². The molecule has 0 spiro atoms. The molecule has 90 valence electrons. The lowest BCUT2D eigenvalue weighted by Crippen LogP contribution is -1.89. The van der Waals surface area contributed by atoms with E-state index in [1.807, 2.05) is 0 Å². The summed E-state index contributed by atoms with van der Waals surface area (Å²) in [5.41, 5.74) is 7.29. The SMILES string of the molecule is Nc1cc(F)cc(Sc2ncnc3nc[nH]c23)c1. The van der Waals surface area contributed by atoms with E-state index in [1.54, 1.807) is 12.4 Å². The Morgan fingerprint density at radius 2 is 2.06 bits per heavy atom. The number of halogens is 1. The number of nitrogens with zero attached hydrogens (tertiary/aromatic N) is 3. The Bertz CT molecular complexity index is 691. The number of nitrogen functional groups attached to an aromatic ring is 1. The second-order valence-electron chi connectivity index (χ2n) is 3.60. The van der Waals surface area contributed by atoms with Crippen LogP contribution in [0.5, 0.6) is 0 Å². The van der Waals surface area contributed by atoms with Crippen LogP contribution >= 0.6 is 11.8 Å². The zero-order valence-corrected chi connectivity index (χ0v) is 9.91. The third-order valence-corrected chi connectivity index (χ3v) is 3.27. The van der Waals surface area contributed by atoms with Crippen molar-refractivity contribution in [3.05, 3.63) is 36.7 Å². The summed E-state index contributed by atoms with van der Waals surface area (Å²) in [5.74, 6) is -0.368. The van der Waals surface area contributed by atoms with Gasteiger partial charge in [0.15, 0.2) is 5.65 Å². The Hall–Kier alpha value is -2.15. The predicted molar refractivity (Wildman–Crippen MR) is 66.6 cm³/mol. The first-order valence-electron chi connectivity index (χ1n) is 5.10. The summed E-state index contributed by atoms with van der Waals surface area (Å²) in [7, 11) is 0. The number of rotatable bonds is 2. The first kappa shape index (κ1) is 11.0. The maximum absolute atomic E-state index is 13.2. The van der Waals surface area contributed by atoms with Crippen molar-refractivity contribution in [1.29, 1.82) is 0 Å². The Kier molecular flexibility index (Phi) is 2.60. The molecule has 0 fully saturated rings. The minimum atomic E-state index is -0.368. The number of aromatic amines is 1. The Labute approximate surface area is 106 Å². The summed E-state index contributed by atoms with van der Waals surface area (Å²) in [4.78, 5) is 15.8. The molecule has 2 heterocycles. The first-order valence-corrected chi connectivity index (χ1v) is 5.92. The lowest BCUT2D eigenvalue weighted by molar-refractivity contribution is 0.625. The number of nitrogens with one attached hydrogen (secondary N) is 1. The second kappa shape index (κ2) is 4.26. The molecule has 0 aliphatic rings. The minimum absolute atomic E-state index is 0.368. The molecule has 0 saturated heterocycles. The molecule has 1 aromatic carbocycles. The summed E-state index contributed by atoms with van der Waals surface area (Å²) in [5, 5.41) is 0.683. The molecule has 0 unspecified atom stereocenters. The normalized spacial score (nSPS) is 10.9. The molecule has 0 aliphatic carbocycles. The number of hydrogen-bond donors (Lipinski definition) is 2. The molecule has 0 saturated carbocycles. The molecule has 0 radical (unpaired) electrons. The monoisotopic (exact) mass is 261 g/mol. The number of H-pyrrole nitrogens is 1. The lowest BCUT2D eigenvalue weighted by Gasteiger charge is -2.03. The zero-order chi connectivity index (χ0) is 12.5. The van der Waals surface area contributed by atoms with Gasteiger partial charge in [0.2, 0.25) is 0 Å². The number of fused-ring (bicyclic) bond motifs is 1. The number of benzene rings is 1. The van der Waals surface area contributed by atoms with Gasteiger partial charge in [-0.15, -0.1) is 0 Å². The maximum Gasteiger partial charge on any atom is 0.181 e. The summed E-state index contributed by atoms with van der Waals surface area (Å²) in [6, 6.07) is 4.37. The summed E-state index contributed by atoms with van der Waals surface area (Å²) < 4.78 is 13.2. The molecular weight excluding hydrogens is 253 g/mol. The zero-order valence-electron chi connectivity index (χ0n) is 9.09. The molecule has 2 aromatic heterocycles. The number of anilines is 1. The van der Waals surface area contributed by atoms with Crippen molar-refractivity contribution in [2.45, 2.75) is 9.92 Å². The van der Waals surface area contributed by atoms with E-state index in [9.17, 15) is 4.39 Å². The molecule has 18 heavy (non-hydrogen) atoms. The van der Waals surface area contributed by atoms with Crippen LogP contribution in [0.2, 0.25) is 0 Å². The molecular formula is C11H8FN5S. The fraction of sp³-hybridized carbons (Fsp3) is 0. The molecule has 0 aliphatic heterocycles. The van der Waals surface area contributed by atoms with Crippen molar-refractivity contribution >= 4 is 28.6 Å². The van der Waals surface area contributed by atoms with Crippen LogP contribution < -0.4 is 5.73 Å². The van der Waals surface area contributed by atoms with Gasteiger partial charge in [-0.3, -0.25) is 0 Å². The van der Waals surface area contributed by atoms with Gasteiger partial charge in [0, 0.05) is 10.6 Å². The summed E-state index contributed by atoms with van der Waals surface area (Å²) in [6.07, 6.45) is 2.97. The third kappa shape index (κ3) is 2.00. The van der Waals surface area contributed by atoms with Crippen molar-refractivity contribution in [3.8, 4) is 0 Å². The quantitative estimate of drug-likeness (QED) is 0.546. The van der Waals surface area contributed by atoms with Gasteiger partial charge in [-0.05, 0) is 18.2 Å². The molecule has 3 rings (SSSR count). The van der Waals surface area contributed by atoms with Gasteiger partial charge < -0.3 is 10.7 Å². The van der Waals surface area contributed by atoms with Crippen molar-refractivity contribution < 1.29 is 4.39 Å². The number of hydrogen-bond acceptors (Lipinski definition) is 5. The molecule has 7 heteroatoms. The van der Waals surface area contributed by atoms with Gasteiger partial charge in [-0.2, -0.15) is 0 Å². The topological polar surface area (TPSA) is 80.5 Å². The fourth-order valence-electron chi connectivity index (χ4n) is 1.58. The smallest absolute Gasteiger partial charge is 0.181 e. The van der Waals surface area contributed by atoms with Gasteiger partial charge >= 0.3 is 0 Å². The van der Waals surface area contributed by atoms with E-state index in [4.69, 9.17) is 5.73 Å². The van der Waals surface area contributed by atoms with Gasteiger partial charge in [0.05, 0.1) is 6.33 Å². The number of aromatic nitrogens is 4. The van der Waals surface area contributed by atoms with Crippen LogP contribution in [0, 0.1) is 5.82 Å². The molecule has 3 aromatic rings. The largest absolute Gasteiger partial charge is 0.399 e. The Morgan fingerprint density at radius 1 is 1.17 bits per heavy atom. The van der Waals surface area contributed by atoms with E-state index in [2.05, 4.69) is 19.9 Å². The van der Waals surface area contributed by atoms with E-state index in [1.165, 1.54) is 30.2 Å². The van der Waals surface area contributed by atoms with Crippen LogP contribution in [-0.4, -0.2) is 19.9 Å². The lowest BCUT2D eigenvalue weighted by atomic mass is 10.3. The van der Waals surface area contributed by atoms with Gasteiger partial charge in [-0.1, -0.05) is 11.8 Å². The molecule has 0 amide bonds. The summed E-state index contributed by atoms with van der Waals surface area (Å²) in [6.45, 7) is 0. The third-order valence-electron chi connectivity index (χ3n) is 2.30. The standard InChI is InChI=1S/C11H8FN5S/c12-6-1-7(13)3-8(2-6)18-11-9-10(15-4-14-9)16-5-17-11/h1-5H,13H2,(H,14,15,16,17). The van der Waals surface area contributed by atoms with Gasteiger partial charge in [0.1, 0.15) is 22.7 Å². The highest BCUT2D eigenvalue weighted by atomic mass is 32.2. The van der Waals surface area contributed by atoms with Crippen LogP contribution in [0.15, 0.2) is 40.8 Å². The van der Waals surface area contributed by atoms with Gasteiger partial charge in [-0.25, -0.2) is 19.3 Å². The Morgan fingerprint density at radius 3 is 2.89 bits per heavy atom.